The average molecular weight is 317 g/mol. The number of carbonyl (C=O) groups excluding carboxylic acids is 1. The van der Waals surface area contributed by atoms with E-state index in [9.17, 15) is 9.59 Å². The fourth-order valence-corrected chi connectivity index (χ4v) is 3.14. The molecule has 2 N–H and O–H groups in total. The number of carboxylic acids is 1. The van der Waals surface area contributed by atoms with Crippen molar-refractivity contribution in [1.29, 1.82) is 0 Å². The average Bonchev–Trinajstić information content (AvgIpc) is 3.03. The van der Waals surface area contributed by atoms with Gasteiger partial charge in [0.1, 0.15) is 0 Å². The van der Waals surface area contributed by atoms with E-state index in [4.69, 9.17) is 5.11 Å². The SMILES string of the molecule is CCCCCC(=O)c1ccc(CN[C@H]2CC[C@@H](C(=O)O)C2)cc1. The van der Waals surface area contributed by atoms with Gasteiger partial charge in [0, 0.05) is 24.6 Å². The van der Waals surface area contributed by atoms with Gasteiger partial charge in [-0.3, -0.25) is 9.59 Å². The molecule has 0 radical (unpaired) electrons. The van der Waals surface area contributed by atoms with Crippen LogP contribution >= 0.6 is 0 Å². The van der Waals surface area contributed by atoms with Gasteiger partial charge in [-0.05, 0) is 31.2 Å². The van der Waals surface area contributed by atoms with Crippen molar-refractivity contribution in [3.05, 3.63) is 35.4 Å². The largest absolute Gasteiger partial charge is 0.481 e. The molecule has 0 unspecified atom stereocenters. The zero-order valence-corrected chi connectivity index (χ0v) is 13.9. The molecule has 1 saturated carbocycles. The van der Waals surface area contributed by atoms with Gasteiger partial charge < -0.3 is 10.4 Å². The van der Waals surface area contributed by atoms with Crippen molar-refractivity contribution < 1.29 is 14.7 Å². The van der Waals surface area contributed by atoms with Crippen molar-refractivity contribution in [3.63, 3.8) is 0 Å². The summed E-state index contributed by atoms with van der Waals surface area (Å²) in [5.41, 5.74) is 1.92. The summed E-state index contributed by atoms with van der Waals surface area (Å²) >= 11 is 0. The van der Waals surface area contributed by atoms with Gasteiger partial charge in [-0.15, -0.1) is 0 Å². The van der Waals surface area contributed by atoms with Crippen molar-refractivity contribution in [2.24, 2.45) is 5.92 Å². The van der Waals surface area contributed by atoms with Crippen molar-refractivity contribution in [3.8, 4) is 0 Å². The predicted molar refractivity (Wildman–Crippen MR) is 90.5 cm³/mol. The van der Waals surface area contributed by atoms with Gasteiger partial charge in [-0.2, -0.15) is 0 Å². The lowest BCUT2D eigenvalue weighted by atomic mass is 10.0. The summed E-state index contributed by atoms with van der Waals surface area (Å²) < 4.78 is 0. The van der Waals surface area contributed by atoms with Crippen LogP contribution in [-0.4, -0.2) is 22.9 Å². The molecule has 1 aromatic rings. The highest BCUT2D eigenvalue weighted by atomic mass is 16.4. The molecule has 1 fully saturated rings. The first kappa shape index (κ1) is 17.7. The molecule has 4 nitrogen and oxygen atoms in total. The van der Waals surface area contributed by atoms with Crippen molar-refractivity contribution >= 4 is 11.8 Å². The first-order valence-electron chi connectivity index (χ1n) is 8.68. The molecule has 0 heterocycles. The van der Waals surface area contributed by atoms with Crippen LogP contribution in [0.5, 0.6) is 0 Å². The van der Waals surface area contributed by atoms with Crippen LogP contribution in [0.25, 0.3) is 0 Å². The second-order valence-corrected chi connectivity index (χ2v) is 6.50. The number of hydrogen-bond donors (Lipinski definition) is 2. The maximum absolute atomic E-state index is 12.0. The molecule has 23 heavy (non-hydrogen) atoms. The number of aliphatic carboxylic acids is 1. The molecule has 0 bridgehead atoms. The van der Waals surface area contributed by atoms with E-state index in [1.807, 2.05) is 24.3 Å². The summed E-state index contributed by atoms with van der Waals surface area (Å²) in [6.07, 6.45) is 6.22. The van der Waals surface area contributed by atoms with Gasteiger partial charge in [-0.1, -0.05) is 44.0 Å². The van der Waals surface area contributed by atoms with Gasteiger partial charge in [0.25, 0.3) is 0 Å². The lowest BCUT2D eigenvalue weighted by molar-refractivity contribution is -0.141. The standard InChI is InChI=1S/C19H27NO3/c1-2-3-4-5-18(21)15-8-6-14(7-9-15)13-20-17-11-10-16(12-17)19(22)23/h6-9,16-17,20H,2-5,10-13H2,1H3,(H,22,23)/t16-,17+/m1/s1. The summed E-state index contributed by atoms with van der Waals surface area (Å²) in [5, 5.41) is 12.4. The van der Waals surface area contributed by atoms with Gasteiger partial charge in [0.05, 0.1) is 5.92 Å². The molecule has 126 valence electrons. The van der Waals surface area contributed by atoms with Crippen molar-refractivity contribution in [2.45, 2.75) is 64.5 Å². The van der Waals surface area contributed by atoms with Crippen LogP contribution in [0.2, 0.25) is 0 Å². The number of carboxylic acid groups (broad SMARTS) is 1. The van der Waals surface area contributed by atoms with Crippen LogP contribution in [0.4, 0.5) is 0 Å². The minimum absolute atomic E-state index is 0.199. The van der Waals surface area contributed by atoms with Gasteiger partial charge in [0.15, 0.2) is 5.78 Å². The fraction of sp³-hybridized carbons (Fsp3) is 0.579. The van der Waals surface area contributed by atoms with Crippen LogP contribution in [-0.2, 0) is 11.3 Å². The van der Waals surface area contributed by atoms with Gasteiger partial charge in [-0.25, -0.2) is 0 Å². The second-order valence-electron chi connectivity index (χ2n) is 6.50. The van der Waals surface area contributed by atoms with Crippen molar-refractivity contribution in [1.82, 2.24) is 5.32 Å². The van der Waals surface area contributed by atoms with E-state index in [0.29, 0.717) is 12.8 Å². The number of hydrogen-bond acceptors (Lipinski definition) is 3. The third-order valence-electron chi connectivity index (χ3n) is 4.66. The van der Waals surface area contributed by atoms with Crippen LogP contribution in [0, 0.1) is 5.92 Å². The predicted octanol–water partition coefficient (Wildman–Crippen LogP) is 3.79. The number of Topliss-reactive ketones (excluding diaryl/α,β-unsaturated/α-hetero) is 1. The number of rotatable bonds is 9. The number of nitrogens with one attached hydrogen (secondary N) is 1. The van der Waals surface area contributed by atoms with E-state index in [2.05, 4.69) is 12.2 Å². The Bertz CT molecular complexity index is 524. The normalized spacial score (nSPS) is 20.6. The molecule has 4 heteroatoms. The summed E-state index contributed by atoms with van der Waals surface area (Å²) in [6, 6.07) is 8.07. The van der Waals surface area contributed by atoms with E-state index < -0.39 is 5.97 Å². The third-order valence-corrected chi connectivity index (χ3v) is 4.66. The Labute approximate surface area is 138 Å². The molecule has 2 atom stereocenters. The quantitative estimate of drug-likeness (QED) is 0.537. The van der Waals surface area contributed by atoms with Crippen molar-refractivity contribution in [2.75, 3.05) is 0 Å². The maximum atomic E-state index is 12.0. The molecule has 0 saturated heterocycles. The molecule has 2 rings (SSSR count). The first-order valence-corrected chi connectivity index (χ1v) is 8.68. The highest BCUT2D eigenvalue weighted by molar-refractivity contribution is 5.96. The first-order chi connectivity index (χ1) is 11.1. The Morgan fingerprint density at radius 3 is 2.52 bits per heavy atom. The molecule has 0 amide bonds. The van der Waals surface area contributed by atoms with E-state index in [1.165, 1.54) is 0 Å². The van der Waals surface area contributed by atoms with E-state index >= 15 is 0 Å². The Morgan fingerprint density at radius 2 is 1.91 bits per heavy atom. The molecular weight excluding hydrogens is 290 g/mol. The molecule has 1 aliphatic rings. The van der Waals surface area contributed by atoms with Crippen LogP contribution < -0.4 is 5.32 Å². The van der Waals surface area contributed by atoms with Gasteiger partial charge >= 0.3 is 5.97 Å². The Kier molecular flexibility index (Phi) is 6.78. The van der Waals surface area contributed by atoms with E-state index in [1.54, 1.807) is 0 Å². The molecular formula is C19H27NO3. The monoisotopic (exact) mass is 317 g/mol. The topological polar surface area (TPSA) is 66.4 Å². The molecule has 0 spiro atoms. The number of benzene rings is 1. The molecule has 1 aromatic carbocycles. The summed E-state index contributed by atoms with van der Waals surface area (Å²) in [4.78, 5) is 23.0. The number of unbranched alkanes of at least 4 members (excludes halogenated alkanes) is 2. The van der Waals surface area contributed by atoms with E-state index in [-0.39, 0.29) is 17.7 Å². The zero-order valence-electron chi connectivity index (χ0n) is 13.9. The second kappa shape index (κ2) is 8.82. The Balaban J connectivity index is 1.77. The van der Waals surface area contributed by atoms with E-state index in [0.717, 1.165) is 49.8 Å². The maximum Gasteiger partial charge on any atom is 0.306 e. The fourth-order valence-electron chi connectivity index (χ4n) is 3.14. The summed E-state index contributed by atoms with van der Waals surface area (Å²) in [7, 11) is 0. The highest BCUT2D eigenvalue weighted by Crippen LogP contribution is 2.25. The minimum Gasteiger partial charge on any atom is -0.481 e. The lowest BCUT2D eigenvalue weighted by Gasteiger charge is -2.12. The third kappa shape index (κ3) is 5.47. The minimum atomic E-state index is -0.680. The Morgan fingerprint density at radius 1 is 1.17 bits per heavy atom. The number of ketones is 1. The molecule has 0 aromatic heterocycles. The molecule has 1 aliphatic carbocycles. The Hall–Kier alpha value is -1.68. The van der Waals surface area contributed by atoms with Crippen LogP contribution in [0.15, 0.2) is 24.3 Å². The van der Waals surface area contributed by atoms with Crippen LogP contribution in [0.1, 0.15) is 67.8 Å². The summed E-state index contributed by atoms with van der Waals surface area (Å²) in [5.74, 6) is -0.658. The van der Waals surface area contributed by atoms with Crippen LogP contribution in [0.3, 0.4) is 0 Å². The molecule has 0 aliphatic heterocycles. The number of carbonyl (C=O) groups is 2. The zero-order chi connectivity index (χ0) is 16.7. The van der Waals surface area contributed by atoms with Gasteiger partial charge in [0.2, 0.25) is 0 Å². The smallest absolute Gasteiger partial charge is 0.306 e. The summed E-state index contributed by atoms with van der Waals surface area (Å²) in [6.45, 7) is 2.86. The lowest BCUT2D eigenvalue weighted by Crippen LogP contribution is -2.26. The highest BCUT2D eigenvalue weighted by Gasteiger charge is 2.29.